The van der Waals surface area contributed by atoms with Crippen molar-refractivity contribution >= 4 is 34.3 Å². The number of aliphatic hydroxyl groups excluding tert-OH is 1. The summed E-state index contributed by atoms with van der Waals surface area (Å²) in [7, 11) is 0. The second-order valence-electron chi connectivity index (χ2n) is 18.2. The molecule has 0 amide bonds. The topological polar surface area (TPSA) is 88.8 Å². The number of hydrogen-bond donors (Lipinski definition) is 2. The molecule has 2 aliphatic heterocycles. The van der Waals surface area contributed by atoms with Gasteiger partial charge in [-0.05, 0) is 155 Å². The fourth-order valence-corrected chi connectivity index (χ4v) is 12.3. The molecule has 8 rings (SSSR count). The van der Waals surface area contributed by atoms with E-state index >= 15 is 0 Å². The van der Waals surface area contributed by atoms with Gasteiger partial charge in [0.2, 0.25) is 0 Å². The molecule has 0 radical (unpaired) electrons. The van der Waals surface area contributed by atoms with E-state index in [2.05, 4.69) is 77.8 Å². The minimum atomic E-state index is -0.886. The van der Waals surface area contributed by atoms with Gasteiger partial charge in [0.1, 0.15) is 6.04 Å². The number of carboxylic acids is 1. The Morgan fingerprint density at radius 2 is 1.82 bits per heavy atom. The standard InChI is InChI=1S/C43H53NO5/c1-22(2)34-36(46)33-26-20-30-29(21-39(4,5)49-40(30,6)7)25(26)19-27-28-18-24-13-14-31-41(8,16-11-12-23(3)38(47)48)32(45)15-17-42(31,9)43(24,10)37(28)44(34)35(27)33/h12,19-21,24,31-32,34,45H,1,11,13-18H2,2-10H3,(H,47,48)/b23-12+/t24-,31-,32-,34-,41-,42-,43+/m0/s1. The first-order valence-electron chi connectivity index (χ1n) is 18.5. The molecule has 49 heavy (non-hydrogen) atoms. The second-order valence-corrected chi connectivity index (χ2v) is 18.2. The highest BCUT2D eigenvalue weighted by Crippen LogP contribution is 2.71. The summed E-state index contributed by atoms with van der Waals surface area (Å²) in [5, 5.41) is 22.4. The molecule has 2 saturated carbocycles. The molecule has 3 heterocycles. The van der Waals surface area contributed by atoms with Crippen LogP contribution in [0.3, 0.4) is 0 Å². The molecular formula is C43H53NO5. The molecule has 0 saturated heterocycles. The molecule has 1 aromatic heterocycles. The summed E-state index contributed by atoms with van der Waals surface area (Å²) < 4.78 is 8.98. The molecule has 2 fully saturated rings. The summed E-state index contributed by atoms with van der Waals surface area (Å²) in [6.45, 7) is 23.8. The molecule has 0 unspecified atom stereocenters. The zero-order valence-corrected chi connectivity index (χ0v) is 30.8. The summed E-state index contributed by atoms with van der Waals surface area (Å²) >= 11 is 0. The Morgan fingerprint density at radius 3 is 2.49 bits per heavy atom. The zero-order valence-electron chi connectivity index (χ0n) is 30.8. The number of rotatable bonds is 5. The average molecular weight is 664 g/mol. The lowest BCUT2D eigenvalue weighted by Crippen LogP contribution is -2.62. The first kappa shape index (κ1) is 33.0. The van der Waals surface area contributed by atoms with Crippen molar-refractivity contribution in [2.24, 2.45) is 22.7 Å². The Bertz CT molecular complexity index is 2000. The van der Waals surface area contributed by atoms with Crippen molar-refractivity contribution in [1.29, 1.82) is 0 Å². The number of ketones is 1. The lowest BCUT2D eigenvalue weighted by atomic mass is 9.40. The molecular weight excluding hydrogens is 610 g/mol. The minimum absolute atomic E-state index is 0.118. The van der Waals surface area contributed by atoms with Crippen LogP contribution in [0.15, 0.2) is 41.5 Å². The van der Waals surface area contributed by atoms with Crippen molar-refractivity contribution in [2.45, 2.75) is 136 Å². The third-order valence-corrected chi connectivity index (χ3v) is 14.7. The van der Waals surface area contributed by atoms with E-state index in [1.807, 2.05) is 13.0 Å². The number of nitrogens with zero attached hydrogens (tertiary/aromatic N) is 1. The van der Waals surface area contributed by atoms with Crippen LogP contribution in [0.4, 0.5) is 0 Å². The van der Waals surface area contributed by atoms with E-state index in [0.717, 1.165) is 71.9 Å². The van der Waals surface area contributed by atoms with Crippen LogP contribution in [0, 0.1) is 22.7 Å². The molecule has 6 nitrogen and oxygen atoms in total. The number of allylic oxidation sites excluding steroid dienone is 2. The molecule has 2 N–H and O–H groups in total. The predicted molar refractivity (Wildman–Crippen MR) is 195 cm³/mol. The van der Waals surface area contributed by atoms with Gasteiger partial charge in [0.05, 0.1) is 28.4 Å². The Kier molecular flexibility index (Phi) is 6.71. The largest absolute Gasteiger partial charge is 0.478 e. The molecule has 7 atom stereocenters. The number of carboxylic acid groups (broad SMARTS) is 1. The van der Waals surface area contributed by atoms with Gasteiger partial charge in [0.15, 0.2) is 5.78 Å². The number of aromatic nitrogens is 1. The highest BCUT2D eigenvalue weighted by molar-refractivity contribution is 6.21. The van der Waals surface area contributed by atoms with Crippen LogP contribution < -0.4 is 0 Å². The fourth-order valence-electron chi connectivity index (χ4n) is 12.3. The quantitative estimate of drug-likeness (QED) is 0.246. The van der Waals surface area contributed by atoms with Gasteiger partial charge in [0.25, 0.3) is 0 Å². The lowest BCUT2D eigenvalue weighted by molar-refractivity contribution is -0.166. The lowest BCUT2D eigenvalue weighted by Gasteiger charge is -2.65. The highest BCUT2D eigenvalue weighted by Gasteiger charge is 2.67. The van der Waals surface area contributed by atoms with Crippen LogP contribution in [0.5, 0.6) is 0 Å². The van der Waals surface area contributed by atoms with Gasteiger partial charge in [-0.15, -0.1) is 0 Å². The summed E-state index contributed by atoms with van der Waals surface area (Å²) in [4.78, 5) is 26.3. The van der Waals surface area contributed by atoms with E-state index in [-0.39, 0.29) is 27.9 Å². The first-order valence-corrected chi connectivity index (χ1v) is 18.5. The fraction of sp³-hybridized carbons (Fsp3) is 0.581. The normalized spacial score (nSPS) is 36.4. The zero-order chi connectivity index (χ0) is 35.4. The van der Waals surface area contributed by atoms with Crippen LogP contribution in [0.1, 0.15) is 140 Å². The molecule has 260 valence electrons. The van der Waals surface area contributed by atoms with Crippen molar-refractivity contribution in [1.82, 2.24) is 4.57 Å². The summed E-state index contributed by atoms with van der Waals surface area (Å²) in [5.41, 5.74) is 8.82. The van der Waals surface area contributed by atoms with Crippen LogP contribution >= 0.6 is 0 Å². The van der Waals surface area contributed by atoms with E-state index < -0.39 is 29.3 Å². The number of carbonyl (C=O) groups is 2. The van der Waals surface area contributed by atoms with Crippen molar-refractivity contribution in [3.8, 4) is 0 Å². The van der Waals surface area contributed by atoms with Crippen LogP contribution in [-0.2, 0) is 21.4 Å². The third kappa shape index (κ3) is 4.02. The number of carbonyl (C=O) groups excluding carboxylic acids is 1. The monoisotopic (exact) mass is 663 g/mol. The molecule has 1 aromatic carbocycles. The van der Waals surface area contributed by atoms with Gasteiger partial charge in [-0.2, -0.15) is 0 Å². The number of aliphatic hydroxyl groups is 1. The summed E-state index contributed by atoms with van der Waals surface area (Å²) in [6.07, 6.45) is 12.0. The second kappa shape index (κ2) is 9.97. The maximum atomic E-state index is 14.8. The molecule has 0 spiro atoms. The molecule has 6 aliphatic rings. The van der Waals surface area contributed by atoms with E-state index in [1.54, 1.807) is 6.92 Å². The Labute approximate surface area is 291 Å². The minimum Gasteiger partial charge on any atom is -0.478 e. The number of Topliss-reactive ketones (excluding diaryl/α,β-unsaturated/α-hetero) is 1. The summed E-state index contributed by atoms with van der Waals surface area (Å²) in [6, 6.07) is 1.96. The van der Waals surface area contributed by atoms with Crippen molar-refractivity contribution in [3.05, 3.63) is 69.5 Å². The number of benzene rings is 1. The smallest absolute Gasteiger partial charge is 0.330 e. The van der Waals surface area contributed by atoms with Crippen LogP contribution in [-0.4, -0.2) is 43.8 Å². The molecule has 6 heteroatoms. The van der Waals surface area contributed by atoms with Crippen LogP contribution in [0.25, 0.3) is 22.6 Å². The number of fused-ring (bicyclic) bond motifs is 11. The Morgan fingerprint density at radius 1 is 1.10 bits per heavy atom. The Hall–Kier alpha value is -3.22. The molecule has 0 bridgehead atoms. The van der Waals surface area contributed by atoms with E-state index in [9.17, 15) is 19.8 Å². The van der Waals surface area contributed by atoms with Crippen molar-refractivity contribution in [3.63, 3.8) is 0 Å². The Balaban J connectivity index is 1.33. The SMILES string of the molecule is C=C(C)[C@H]1C(=O)c2c3c(cc4c5c(n1c24)[C@@]1(C)[C@@H](CC[C@H]2[C@](C)(CC/C=C(\C)C(=O)O)[C@@H](O)CC[C@@]21C)C5)C1=CC(C)(C)OC(C)(C)C1=C3. The average Bonchev–Trinajstić information content (AvgIpc) is 3.69. The van der Waals surface area contributed by atoms with Crippen molar-refractivity contribution < 1.29 is 24.5 Å². The predicted octanol–water partition coefficient (Wildman–Crippen LogP) is 9.14. The van der Waals surface area contributed by atoms with E-state index in [4.69, 9.17) is 4.74 Å². The number of ether oxygens (including phenoxy) is 1. The van der Waals surface area contributed by atoms with Crippen molar-refractivity contribution in [2.75, 3.05) is 0 Å². The number of hydrogen-bond acceptors (Lipinski definition) is 4. The maximum absolute atomic E-state index is 14.8. The van der Waals surface area contributed by atoms with E-state index in [0.29, 0.717) is 17.9 Å². The van der Waals surface area contributed by atoms with Gasteiger partial charge >= 0.3 is 5.97 Å². The van der Waals surface area contributed by atoms with Gasteiger partial charge < -0.3 is 19.5 Å². The molecule has 4 aliphatic carbocycles. The van der Waals surface area contributed by atoms with Gasteiger partial charge in [-0.1, -0.05) is 39.0 Å². The molecule has 2 aromatic rings. The van der Waals surface area contributed by atoms with Gasteiger partial charge in [-0.25, -0.2) is 4.79 Å². The van der Waals surface area contributed by atoms with Gasteiger partial charge in [0, 0.05) is 22.1 Å². The van der Waals surface area contributed by atoms with E-state index in [1.165, 1.54) is 22.2 Å². The van der Waals surface area contributed by atoms with Gasteiger partial charge in [-0.3, -0.25) is 4.79 Å². The first-order chi connectivity index (χ1) is 22.8. The summed E-state index contributed by atoms with van der Waals surface area (Å²) in [5.74, 6) is -0.0430. The highest BCUT2D eigenvalue weighted by atomic mass is 16.5. The number of aliphatic carboxylic acids is 1. The van der Waals surface area contributed by atoms with Crippen LogP contribution in [0.2, 0.25) is 0 Å². The third-order valence-electron chi connectivity index (χ3n) is 14.7. The maximum Gasteiger partial charge on any atom is 0.330 e.